The van der Waals surface area contributed by atoms with Crippen LogP contribution in [0.5, 0.6) is 0 Å². The van der Waals surface area contributed by atoms with Gasteiger partial charge < -0.3 is 5.73 Å². The summed E-state index contributed by atoms with van der Waals surface area (Å²) in [5, 5.41) is 0. The number of primary amides is 1. The lowest BCUT2D eigenvalue weighted by atomic mass is 10.5. The van der Waals surface area contributed by atoms with E-state index in [2.05, 4.69) is 5.73 Å². The van der Waals surface area contributed by atoms with Gasteiger partial charge in [-0.3, -0.25) is 9.35 Å². The standard InChI is InChI=1S/C4H7NO4S/c1-2-3(4(5)6)10(7,8)9/h2H,1H3,(H2,5,6)(H,7,8,9). The summed E-state index contributed by atoms with van der Waals surface area (Å²) in [5.74, 6) is -1.16. The highest BCUT2D eigenvalue weighted by atomic mass is 32.2. The molecule has 0 saturated carbocycles. The molecule has 0 radical (unpaired) electrons. The summed E-state index contributed by atoms with van der Waals surface area (Å²) in [6.07, 6.45) is 0.928. The van der Waals surface area contributed by atoms with E-state index in [1.54, 1.807) is 0 Å². The highest BCUT2D eigenvalue weighted by Crippen LogP contribution is 2.00. The Kier molecular flexibility index (Phi) is 2.56. The van der Waals surface area contributed by atoms with E-state index < -0.39 is 20.9 Å². The average molecular weight is 165 g/mol. The van der Waals surface area contributed by atoms with Gasteiger partial charge in [-0.05, 0) is 6.92 Å². The van der Waals surface area contributed by atoms with Crippen molar-refractivity contribution < 1.29 is 17.8 Å². The van der Waals surface area contributed by atoms with E-state index in [4.69, 9.17) is 4.55 Å². The Hall–Kier alpha value is -0.880. The number of rotatable bonds is 2. The van der Waals surface area contributed by atoms with Crippen molar-refractivity contribution in [1.82, 2.24) is 0 Å². The molecule has 6 heteroatoms. The van der Waals surface area contributed by atoms with Gasteiger partial charge in [0.2, 0.25) is 0 Å². The van der Waals surface area contributed by atoms with Gasteiger partial charge in [-0.25, -0.2) is 0 Å². The third-order valence-corrected chi connectivity index (χ3v) is 1.78. The van der Waals surface area contributed by atoms with Crippen molar-refractivity contribution in [3.05, 3.63) is 11.0 Å². The molecule has 0 fully saturated rings. The monoisotopic (exact) mass is 165 g/mol. The van der Waals surface area contributed by atoms with Crippen LogP contribution in [0.1, 0.15) is 6.92 Å². The summed E-state index contributed by atoms with van der Waals surface area (Å²) in [6.45, 7) is 1.29. The Morgan fingerprint density at radius 3 is 2.00 bits per heavy atom. The SMILES string of the molecule is CC=C(C(N)=O)S(=O)(=O)O. The first kappa shape index (κ1) is 9.12. The number of hydrogen-bond acceptors (Lipinski definition) is 3. The van der Waals surface area contributed by atoms with E-state index in [-0.39, 0.29) is 0 Å². The third kappa shape index (κ3) is 2.16. The van der Waals surface area contributed by atoms with Gasteiger partial charge in [-0.1, -0.05) is 6.08 Å². The molecule has 0 rings (SSSR count). The predicted molar refractivity (Wildman–Crippen MR) is 34.5 cm³/mol. The number of hydrogen-bond donors (Lipinski definition) is 2. The van der Waals surface area contributed by atoms with Crippen molar-refractivity contribution >= 4 is 16.0 Å². The first-order valence-corrected chi connectivity index (χ1v) is 3.77. The Labute approximate surface area is 58.3 Å². The minimum Gasteiger partial charge on any atom is -0.365 e. The van der Waals surface area contributed by atoms with Gasteiger partial charge in [0.25, 0.3) is 16.0 Å². The van der Waals surface area contributed by atoms with Gasteiger partial charge in [-0.15, -0.1) is 0 Å². The highest BCUT2D eigenvalue weighted by molar-refractivity contribution is 7.90. The van der Waals surface area contributed by atoms with E-state index in [0.29, 0.717) is 0 Å². The van der Waals surface area contributed by atoms with Crippen LogP contribution >= 0.6 is 0 Å². The second-order valence-corrected chi connectivity index (χ2v) is 2.88. The Balaban J connectivity index is 4.95. The Bertz CT molecular complexity index is 263. The van der Waals surface area contributed by atoms with E-state index in [1.165, 1.54) is 6.92 Å². The molecule has 1 amide bonds. The van der Waals surface area contributed by atoms with Gasteiger partial charge in [0.15, 0.2) is 4.91 Å². The van der Waals surface area contributed by atoms with Crippen LogP contribution in [-0.2, 0) is 14.9 Å². The molecule has 5 nitrogen and oxygen atoms in total. The van der Waals surface area contributed by atoms with Gasteiger partial charge in [0.1, 0.15) is 0 Å². The molecule has 0 aromatic rings. The van der Waals surface area contributed by atoms with Gasteiger partial charge in [0, 0.05) is 0 Å². The first-order valence-electron chi connectivity index (χ1n) is 2.33. The minimum atomic E-state index is -4.43. The topological polar surface area (TPSA) is 97.5 Å². The van der Waals surface area contributed by atoms with Crippen LogP contribution in [0.15, 0.2) is 11.0 Å². The molecule has 0 aromatic carbocycles. The van der Waals surface area contributed by atoms with Crippen LogP contribution in [-0.4, -0.2) is 18.9 Å². The molecule has 3 N–H and O–H groups in total. The van der Waals surface area contributed by atoms with Crippen molar-refractivity contribution in [1.29, 1.82) is 0 Å². The zero-order chi connectivity index (χ0) is 8.36. The average Bonchev–Trinajstić information content (AvgIpc) is 1.60. The number of carbonyl (C=O) groups is 1. The number of allylic oxidation sites excluding steroid dienone is 1. The van der Waals surface area contributed by atoms with Crippen molar-refractivity contribution in [2.45, 2.75) is 6.92 Å². The second kappa shape index (κ2) is 2.80. The zero-order valence-electron chi connectivity index (χ0n) is 5.23. The van der Waals surface area contributed by atoms with Crippen molar-refractivity contribution in [3.8, 4) is 0 Å². The second-order valence-electron chi connectivity index (χ2n) is 1.49. The predicted octanol–water partition coefficient (Wildman–Crippen LogP) is -0.737. The van der Waals surface area contributed by atoms with E-state index in [9.17, 15) is 13.2 Å². The summed E-state index contributed by atoms with van der Waals surface area (Å²) in [4.78, 5) is 9.41. The van der Waals surface area contributed by atoms with E-state index >= 15 is 0 Å². The molecule has 0 saturated heterocycles. The quantitative estimate of drug-likeness (QED) is 0.416. The third-order valence-electron chi connectivity index (χ3n) is 0.783. The molecule has 10 heavy (non-hydrogen) atoms. The molecule has 0 atom stereocenters. The largest absolute Gasteiger partial charge is 0.365 e. The maximum absolute atomic E-state index is 10.2. The van der Waals surface area contributed by atoms with Crippen LogP contribution in [0.2, 0.25) is 0 Å². The lowest BCUT2D eigenvalue weighted by molar-refractivity contribution is -0.114. The van der Waals surface area contributed by atoms with Crippen molar-refractivity contribution in [2.24, 2.45) is 5.73 Å². The van der Waals surface area contributed by atoms with Crippen LogP contribution < -0.4 is 5.73 Å². The molecule has 0 aliphatic rings. The molecule has 0 unspecified atom stereocenters. The highest BCUT2D eigenvalue weighted by Gasteiger charge is 2.17. The fourth-order valence-corrected chi connectivity index (χ4v) is 0.970. The van der Waals surface area contributed by atoms with Gasteiger partial charge >= 0.3 is 0 Å². The minimum absolute atomic E-state index is 0.785. The van der Waals surface area contributed by atoms with Crippen LogP contribution in [0.25, 0.3) is 0 Å². The summed E-state index contributed by atoms with van der Waals surface area (Å²) in [5.41, 5.74) is 4.59. The van der Waals surface area contributed by atoms with E-state index in [1.807, 2.05) is 0 Å². The molecule has 0 aliphatic heterocycles. The summed E-state index contributed by atoms with van der Waals surface area (Å²) < 4.78 is 28.6. The molecular weight excluding hydrogens is 158 g/mol. The zero-order valence-corrected chi connectivity index (χ0v) is 6.05. The molecule has 0 spiro atoms. The van der Waals surface area contributed by atoms with Gasteiger partial charge in [-0.2, -0.15) is 8.42 Å². The molecule has 0 bridgehead atoms. The fraction of sp³-hybridized carbons (Fsp3) is 0.250. The smallest absolute Gasteiger partial charge is 0.299 e. The first-order chi connectivity index (χ1) is 4.39. The normalized spacial score (nSPS) is 13.2. The Morgan fingerprint density at radius 1 is 1.60 bits per heavy atom. The van der Waals surface area contributed by atoms with Crippen molar-refractivity contribution in [3.63, 3.8) is 0 Å². The molecular formula is C4H7NO4S. The summed E-state index contributed by atoms with van der Waals surface area (Å²) in [6, 6.07) is 0. The molecule has 0 heterocycles. The van der Waals surface area contributed by atoms with Crippen LogP contribution in [0.4, 0.5) is 0 Å². The Morgan fingerprint density at radius 2 is 2.00 bits per heavy atom. The lowest BCUT2D eigenvalue weighted by Crippen LogP contribution is -2.20. The summed E-state index contributed by atoms with van der Waals surface area (Å²) in [7, 11) is -4.43. The number of amides is 1. The lowest BCUT2D eigenvalue weighted by Gasteiger charge is -1.94. The summed E-state index contributed by atoms with van der Waals surface area (Å²) >= 11 is 0. The molecule has 0 aliphatic carbocycles. The molecule has 58 valence electrons. The fourth-order valence-electron chi connectivity index (χ4n) is 0.418. The van der Waals surface area contributed by atoms with E-state index in [0.717, 1.165) is 6.08 Å². The maximum atomic E-state index is 10.2. The van der Waals surface area contributed by atoms with Gasteiger partial charge in [0.05, 0.1) is 0 Å². The maximum Gasteiger partial charge on any atom is 0.299 e. The number of nitrogens with two attached hydrogens (primary N) is 1. The van der Waals surface area contributed by atoms with Crippen LogP contribution in [0.3, 0.4) is 0 Å². The number of carbonyl (C=O) groups excluding carboxylic acids is 1. The van der Waals surface area contributed by atoms with Crippen molar-refractivity contribution in [2.75, 3.05) is 0 Å². The molecule has 0 aromatic heterocycles. The van der Waals surface area contributed by atoms with Crippen LogP contribution in [0, 0.1) is 0 Å².